The van der Waals surface area contributed by atoms with Gasteiger partial charge in [0.25, 0.3) is 0 Å². The number of ether oxygens (including phenoxy) is 1. The first-order chi connectivity index (χ1) is 10.3. The molecule has 0 N–H and O–H groups in total. The first kappa shape index (κ1) is 13.0. The van der Waals surface area contributed by atoms with Crippen LogP contribution in [0, 0.1) is 0 Å². The van der Waals surface area contributed by atoms with Gasteiger partial charge < -0.3 is 4.74 Å². The van der Waals surface area contributed by atoms with E-state index in [4.69, 9.17) is 4.74 Å². The normalized spacial score (nSPS) is 16.3. The highest BCUT2D eigenvalue weighted by atomic mass is 16.6. The Morgan fingerprint density at radius 3 is 2.52 bits per heavy atom. The molecule has 0 saturated carbocycles. The van der Waals surface area contributed by atoms with Crippen LogP contribution in [0.1, 0.15) is 11.1 Å². The summed E-state index contributed by atoms with van der Waals surface area (Å²) >= 11 is 0. The topological polar surface area (TPSA) is 51.5 Å². The van der Waals surface area contributed by atoms with E-state index in [9.17, 15) is 4.79 Å². The molecule has 0 aliphatic carbocycles. The van der Waals surface area contributed by atoms with Crippen molar-refractivity contribution in [2.45, 2.75) is 0 Å². The Hall–Kier alpha value is -3.01. The van der Waals surface area contributed by atoms with Crippen molar-refractivity contribution in [2.24, 2.45) is 4.99 Å². The molecule has 0 amide bonds. The number of hydrogen-bond acceptors (Lipinski definition) is 4. The van der Waals surface area contributed by atoms with Crippen LogP contribution < -0.4 is 0 Å². The summed E-state index contributed by atoms with van der Waals surface area (Å²) in [5.74, 6) is -0.162. The SMILES string of the molecule is O=C1OC(C=Cc2ccccc2)=NC1=Cc1cccnc1. The second-order valence-corrected chi connectivity index (χ2v) is 4.40. The van der Waals surface area contributed by atoms with Crippen molar-refractivity contribution in [3.8, 4) is 0 Å². The van der Waals surface area contributed by atoms with Gasteiger partial charge in [-0.25, -0.2) is 9.79 Å². The molecule has 0 bridgehead atoms. The lowest BCUT2D eigenvalue weighted by Gasteiger charge is -1.92. The van der Waals surface area contributed by atoms with Gasteiger partial charge in [-0.1, -0.05) is 36.4 Å². The minimum Gasteiger partial charge on any atom is -0.403 e. The Kier molecular flexibility index (Phi) is 3.69. The molecule has 4 nitrogen and oxygen atoms in total. The lowest BCUT2D eigenvalue weighted by atomic mass is 10.2. The number of aromatic nitrogens is 1. The van der Waals surface area contributed by atoms with Gasteiger partial charge in [0.05, 0.1) is 0 Å². The quantitative estimate of drug-likeness (QED) is 0.639. The van der Waals surface area contributed by atoms with E-state index >= 15 is 0 Å². The summed E-state index contributed by atoms with van der Waals surface area (Å²) in [4.78, 5) is 19.9. The maximum absolute atomic E-state index is 11.7. The molecule has 1 aromatic heterocycles. The summed E-state index contributed by atoms with van der Waals surface area (Å²) in [5, 5.41) is 0. The summed E-state index contributed by atoms with van der Waals surface area (Å²) in [6, 6.07) is 13.4. The van der Waals surface area contributed by atoms with Crippen LogP contribution in [0.5, 0.6) is 0 Å². The number of hydrogen-bond donors (Lipinski definition) is 0. The van der Waals surface area contributed by atoms with Gasteiger partial charge in [-0.15, -0.1) is 0 Å². The van der Waals surface area contributed by atoms with Gasteiger partial charge in [0.15, 0.2) is 5.70 Å². The molecule has 0 unspecified atom stereocenters. The van der Waals surface area contributed by atoms with Crippen LogP contribution in [0.15, 0.2) is 71.6 Å². The highest BCUT2D eigenvalue weighted by Gasteiger charge is 2.20. The van der Waals surface area contributed by atoms with E-state index in [2.05, 4.69) is 9.98 Å². The highest BCUT2D eigenvalue weighted by molar-refractivity contribution is 6.11. The van der Waals surface area contributed by atoms with Crippen molar-refractivity contribution in [1.29, 1.82) is 0 Å². The average Bonchev–Trinajstić information content (AvgIpc) is 2.87. The number of carbonyl (C=O) groups excluding carboxylic acids is 1. The number of benzene rings is 1. The second-order valence-electron chi connectivity index (χ2n) is 4.40. The van der Waals surface area contributed by atoms with Crippen LogP contribution in [0.4, 0.5) is 0 Å². The fourth-order valence-corrected chi connectivity index (χ4v) is 1.85. The Morgan fingerprint density at radius 2 is 1.76 bits per heavy atom. The number of carbonyl (C=O) groups is 1. The monoisotopic (exact) mass is 276 g/mol. The lowest BCUT2D eigenvalue weighted by molar-refractivity contribution is -0.129. The molecular weight excluding hydrogens is 264 g/mol. The van der Waals surface area contributed by atoms with E-state index in [-0.39, 0.29) is 5.70 Å². The van der Waals surface area contributed by atoms with Crippen molar-refractivity contribution < 1.29 is 9.53 Å². The highest BCUT2D eigenvalue weighted by Crippen LogP contribution is 2.16. The number of esters is 1. The molecule has 1 aromatic carbocycles. The van der Waals surface area contributed by atoms with Crippen molar-refractivity contribution in [3.05, 3.63) is 77.8 Å². The predicted octanol–water partition coefficient (Wildman–Crippen LogP) is 3.09. The minimum atomic E-state index is -0.452. The molecule has 0 spiro atoms. The first-order valence-corrected chi connectivity index (χ1v) is 6.47. The molecule has 1 aliphatic rings. The van der Waals surface area contributed by atoms with Crippen LogP contribution >= 0.6 is 0 Å². The maximum atomic E-state index is 11.7. The number of cyclic esters (lactones) is 1. The molecule has 102 valence electrons. The molecule has 0 fully saturated rings. The summed E-state index contributed by atoms with van der Waals surface area (Å²) in [6.45, 7) is 0. The Bertz CT molecular complexity index is 732. The van der Waals surface area contributed by atoms with E-state index in [0.717, 1.165) is 11.1 Å². The van der Waals surface area contributed by atoms with Gasteiger partial charge in [0.2, 0.25) is 5.90 Å². The largest absolute Gasteiger partial charge is 0.403 e. The van der Waals surface area contributed by atoms with Crippen molar-refractivity contribution >= 4 is 24.0 Å². The summed E-state index contributed by atoms with van der Waals surface area (Å²) in [6.07, 6.45) is 8.51. The van der Waals surface area contributed by atoms with E-state index in [1.165, 1.54) is 0 Å². The van der Waals surface area contributed by atoms with Crippen molar-refractivity contribution in [3.63, 3.8) is 0 Å². The van der Waals surface area contributed by atoms with Crippen LogP contribution in [-0.4, -0.2) is 16.9 Å². The number of nitrogens with zero attached hydrogens (tertiary/aromatic N) is 2. The lowest BCUT2D eigenvalue weighted by Crippen LogP contribution is -2.01. The zero-order chi connectivity index (χ0) is 14.5. The zero-order valence-corrected chi connectivity index (χ0v) is 11.1. The Balaban J connectivity index is 1.80. The molecule has 0 atom stereocenters. The van der Waals surface area contributed by atoms with Gasteiger partial charge in [-0.3, -0.25) is 4.98 Å². The minimum absolute atomic E-state index is 0.274. The van der Waals surface area contributed by atoms with Crippen LogP contribution in [0.25, 0.3) is 12.2 Å². The first-order valence-electron chi connectivity index (χ1n) is 6.47. The molecule has 2 heterocycles. The van der Waals surface area contributed by atoms with Crippen LogP contribution in [-0.2, 0) is 9.53 Å². The van der Waals surface area contributed by atoms with Gasteiger partial charge >= 0.3 is 5.97 Å². The third-order valence-corrected chi connectivity index (χ3v) is 2.84. The number of rotatable bonds is 3. The molecule has 0 saturated heterocycles. The maximum Gasteiger partial charge on any atom is 0.363 e. The molecular formula is C17H12N2O2. The molecule has 3 rings (SSSR count). The van der Waals surface area contributed by atoms with Crippen molar-refractivity contribution in [1.82, 2.24) is 4.98 Å². The molecule has 1 aliphatic heterocycles. The zero-order valence-electron chi connectivity index (χ0n) is 11.1. The van der Waals surface area contributed by atoms with Gasteiger partial charge in [-0.05, 0) is 29.3 Å². The molecule has 0 radical (unpaired) electrons. The summed E-state index contributed by atoms with van der Waals surface area (Å²) in [7, 11) is 0. The van der Waals surface area contributed by atoms with Gasteiger partial charge in [-0.2, -0.15) is 0 Å². The van der Waals surface area contributed by atoms with E-state index < -0.39 is 5.97 Å². The fourth-order valence-electron chi connectivity index (χ4n) is 1.85. The van der Waals surface area contributed by atoms with Crippen LogP contribution in [0.3, 0.4) is 0 Å². The third-order valence-electron chi connectivity index (χ3n) is 2.84. The van der Waals surface area contributed by atoms with E-state index in [1.54, 1.807) is 30.6 Å². The Labute approximate surface area is 122 Å². The third kappa shape index (κ3) is 3.30. The molecule has 21 heavy (non-hydrogen) atoms. The predicted molar refractivity (Wildman–Crippen MR) is 81.2 cm³/mol. The average molecular weight is 276 g/mol. The van der Waals surface area contributed by atoms with Gasteiger partial charge in [0.1, 0.15) is 0 Å². The van der Waals surface area contributed by atoms with Crippen LogP contribution in [0.2, 0.25) is 0 Å². The number of aliphatic imine (C=N–C) groups is 1. The molecule has 4 heteroatoms. The number of pyridine rings is 1. The summed E-state index contributed by atoms with van der Waals surface area (Å²) < 4.78 is 5.10. The standard InChI is InChI=1S/C17H12N2O2/c20-17-15(11-14-7-4-10-18-12-14)19-16(21-17)9-8-13-5-2-1-3-6-13/h1-12H. The molecule has 2 aromatic rings. The fraction of sp³-hybridized carbons (Fsp3) is 0. The van der Waals surface area contributed by atoms with Crippen molar-refractivity contribution in [2.75, 3.05) is 0 Å². The smallest absolute Gasteiger partial charge is 0.363 e. The van der Waals surface area contributed by atoms with E-state index in [0.29, 0.717) is 5.90 Å². The summed E-state index contributed by atoms with van der Waals surface area (Å²) in [5.41, 5.74) is 2.10. The Morgan fingerprint density at radius 1 is 0.952 bits per heavy atom. The van der Waals surface area contributed by atoms with E-state index in [1.807, 2.05) is 42.5 Å². The second kappa shape index (κ2) is 5.96. The van der Waals surface area contributed by atoms with Gasteiger partial charge in [0, 0.05) is 18.5 Å².